The molecule has 0 unspecified atom stereocenters. The summed E-state index contributed by atoms with van der Waals surface area (Å²) in [6.45, 7) is 2.72. The third kappa shape index (κ3) is 7.24. The molecule has 0 fully saturated rings. The molecule has 0 bridgehead atoms. The number of hydrogen-bond acceptors (Lipinski definition) is 3. The summed E-state index contributed by atoms with van der Waals surface area (Å²) < 4.78 is 24.8. The highest BCUT2D eigenvalue weighted by molar-refractivity contribution is 7.88. The van der Waals surface area contributed by atoms with Gasteiger partial charge in [-0.3, -0.25) is 4.79 Å². The fraction of sp³-hybridized carbons (Fsp3) is 0.533. The van der Waals surface area contributed by atoms with Crippen molar-refractivity contribution in [3.63, 3.8) is 0 Å². The predicted octanol–water partition coefficient (Wildman–Crippen LogP) is 3.12. The smallest absolute Gasteiger partial charge is 0.225 e. The van der Waals surface area contributed by atoms with Crippen molar-refractivity contribution in [2.75, 3.05) is 24.7 Å². The van der Waals surface area contributed by atoms with Crippen LogP contribution in [0.2, 0.25) is 5.02 Å². The second kappa shape index (κ2) is 9.12. The number of sulfonamides is 1. The van der Waals surface area contributed by atoms with Crippen LogP contribution in [0.5, 0.6) is 0 Å². The van der Waals surface area contributed by atoms with Crippen LogP contribution >= 0.6 is 11.6 Å². The minimum absolute atomic E-state index is 0.127. The Morgan fingerprint density at radius 1 is 1.18 bits per heavy atom. The summed E-state index contributed by atoms with van der Waals surface area (Å²) in [5, 5.41) is 3.32. The van der Waals surface area contributed by atoms with Gasteiger partial charge in [-0.2, -0.15) is 0 Å². The number of hydrogen-bond donors (Lipinski definition) is 1. The van der Waals surface area contributed by atoms with Crippen LogP contribution in [0.1, 0.15) is 32.6 Å². The average molecular weight is 347 g/mol. The largest absolute Gasteiger partial charge is 0.326 e. The van der Waals surface area contributed by atoms with Crippen LogP contribution in [0.3, 0.4) is 0 Å². The fourth-order valence-electron chi connectivity index (χ4n) is 1.96. The summed E-state index contributed by atoms with van der Waals surface area (Å²) in [6.07, 6.45) is 4.11. The second-order valence-electron chi connectivity index (χ2n) is 5.17. The number of benzene rings is 1. The molecule has 0 aliphatic heterocycles. The molecule has 1 aromatic rings. The Bertz CT molecular complexity index is 573. The maximum absolute atomic E-state index is 11.9. The molecule has 0 heterocycles. The maximum atomic E-state index is 11.9. The Morgan fingerprint density at radius 2 is 1.82 bits per heavy atom. The Labute approximate surface area is 137 Å². The predicted molar refractivity (Wildman–Crippen MR) is 90.6 cm³/mol. The molecule has 0 saturated heterocycles. The number of nitrogens with one attached hydrogen (secondary N) is 1. The van der Waals surface area contributed by atoms with E-state index in [1.54, 1.807) is 24.3 Å². The van der Waals surface area contributed by atoms with Crippen LogP contribution < -0.4 is 5.32 Å². The van der Waals surface area contributed by atoms with Gasteiger partial charge in [-0.25, -0.2) is 12.7 Å². The van der Waals surface area contributed by atoms with E-state index in [0.717, 1.165) is 19.3 Å². The third-order valence-corrected chi connectivity index (χ3v) is 4.75. The first kappa shape index (κ1) is 18.9. The highest BCUT2D eigenvalue weighted by Gasteiger charge is 2.17. The number of amides is 1. The third-order valence-electron chi connectivity index (χ3n) is 3.20. The SMILES string of the molecule is CCCCCN(CCC(=O)Nc1ccc(Cl)cc1)S(C)(=O)=O. The lowest BCUT2D eigenvalue weighted by atomic mass is 10.2. The summed E-state index contributed by atoms with van der Waals surface area (Å²) in [6, 6.07) is 6.78. The van der Waals surface area contributed by atoms with Crippen LogP contribution in [0.15, 0.2) is 24.3 Å². The molecule has 124 valence electrons. The normalized spacial score (nSPS) is 11.6. The zero-order chi connectivity index (χ0) is 16.6. The lowest BCUT2D eigenvalue weighted by Gasteiger charge is -2.19. The van der Waals surface area contributed by atoms with E-state index in [1.165, 1.54) is 10.6 Å². The molecule has 22 heavy (non-hydrogen) atoms. The van der Waals surface area contributed by atoms with Crippen molar-refractivity contribution < 1.29 is 13.2 Å². The molecular weight excluding hydrogens is 324 g/mol. The van der Waals surface area contributed by atoms with Gasteiger partial charge in [0, 0.05) is 30.2 Å². The van der Waals surface area contributed by atoms with Gasteiger partial charge in [0.05, 0.1) is 6.26 Å². The monoisotopic (exact) mass is 346 g/mol. The van der Waals surface area contributed by atoms with Crippen molar-refractivity contribution in [2.45, 2.75) is 32.6 Å². The Hall–Kier alpha value is -1.11. The second-order valence-corrected chi connectivity index (χ2v) is 7.59. The zero-order valence-corrected chi connectivity index (χ0v) is 14.6. The molecule has 1 amide bonds. The van der Waals surface area contributed by atoms with Crippen LogP contribution in [-0.4, -0.2) is 38.0 Å². The quantitative estimate of drug-likeness (QED) is 0.698. The van der Waals surface area contributed by atoms with Crippen molar-refractivity contribution in [3.8, 4) is 0 Å². The Kier molecular flexibility index (Phi) is 7.85. The maximum Gasteiger partial charge on any atom is 0.225 e. The van der Waals surface area contributed by atoms with E-state index in [9.17, 15) is 13.2 Å². The van der Waals surface area contributed by atoms with E-state index in [-0.39, 0.29) is 18.9 Å². The van der Waals surface area contributed by atoms with Gasteiger partial charge in [-0.05, 0) is 30.7 Å². The summed E-state index contributed by atoms with van der Waals surface area (Å²) in [5.41, 5.74) is 0.645. The molecule has 0 atom stereocenters. The summed E-state index contributed by atoms with van der Waals surface area (Å²) in [5.74, 6) is -0.216. The lowest BCUT2D eigenvalue weighted by molar-refractivity contribution is -0.116. The van der Waals surface area contributed by atoms with Crippen LogP contribution in [0.25, 0.3) is 0 Å². The van der Waals surface area contributed by atoms with Gasteiger partial charge in [0.15, 0.2) is 0 Å². The number of carbonyl (C=O) groups is 1. The molecule has 0 spiro atoms. The first-order chi connectivity index (χ1) is 10.3. The van der Waals surface area contributed by atoms with Gasteiger partial charge in [-0.1, -0.05) is 31.4 Å². The molecule has 7 heteroatoms. The van der Waals surface area contributed by atoms with E-state index < -0.39 is 10.0 Å². The van der Waals surface area contributed by atoms with Gasteiger partial charge in [0.2, 0.25) is 15.9 Å². The minimum atomic E-state index is -3.28. The number of unbranched alkanes of at least 4 members (excludes halogenated alkanes) is 2. The van der Waals surface area contributed by atoms with Crippen LogP contribution in [0, 0.1) is 0 Å². The van der Waals surface area contributed by atoms with Crippen molar-refractivity contribution in [2.24, 2.45) is 0 Å². The molecule has 1 rings (SSSR count). The molecule has 5 nitrogen and oxygen atoms in total. The Balaban J connectivity index is 2.49. The van der Waals surface area contributed by atoms with Gasteiger partial charge < -0.3 is 5.32 Å². The van der Waals surface area contributed by atoms with E-state index in [2.05, 4.69) is 12.2 Å². The first-order valence-electron chi connectivity index (χ1n) is 7.33. The molecule has 1 N–H and O–H groups in total. The lowest BCUT2D eigenvalue weighted by Crippen LogP contribution is -2.33. The van der Waals surface area contributed by atoms with Crippen molar-refractivity contribution in [3.05, 3.63) is 29.3 Å². The number of carbonyl (C=O) groups excluding carboxylic acids is 1. The number of halogens is 1. The molecule has 0 aromatic heterocycles. The topological polar surface area (TPSA) is 66.5 Å². The standard InChI is InChI=1S/C15H23ClN2O3S/c1-3-4-5-11-18(22(2,20)21)12-10-15(19)17-14-8-6-13(16)7-9-14/h6-9H,3-5,10-12H2,1-2H3,(H,17,19). The molecule has 1 aromatic carbocycles. The summed E-state index contributed by atoms with van der Waals surface area (Å²) >= 11 is 5.78. The van der Waals surface area contributed by atoms with Crippen molar-refractivity contribution in [1.29, 1.82) is 0 Å². The molecule has 0 saturated carbocycles. The molecule has 0 aliphatic carbocycles. The van der Waals surface area contributed by atoms with Gasteiger partial charge in [0.25, 0.3) is 0 Å². The minimum Gasteiger partial charge on any atom is -0.326 e. The van der Waals surface area contributed by atoms with E-state index >= 15 is 0 Å². The Morgan fingerprint density at radius 3 is 2.36 bits per heavy atom. The van der Waals surface area contributed by atoms with Crippen LogP contribution in [-0.2, 0) is 14.8 Å². The average Bonchev–Trinajstić information content (AvgIpc) is 2.44. The molecular formula is C15H23ClN2O3S. The van der Waals surface area contributed by atoms with E-state index in [0.29, 0.717) is 17.3 Å². The number of nitrogens with zero attached hydrogens (tertiary/aromatic N) is 1. The number of rotatable bonds is 9. The highest BCUT2D eigenvalue weighted by Crippen LogP contribution is 2.13. The number of anilines is 1. The summed E-state index contributed by atoms with van der Waals surface area (Å²) in [4.78, 5) is 11.9. The zero-order valence-electron chi connectivity index (χ0n) is 13.0. The van der Waals surface area contributed by atoms with Crippen LogP contribution in [0.4, 0.5) is 5.69 Å². The first-order valence-corrected chi connectivity index (χ1v) is 9.56. The highest BCUT2D eigenvalue weighted by atomic mass is 35.5. The van der Waals surface area contributed by atoms with E-state index in [1.807, 2.05) is 0 Å². The summed E-state index contributed by atoms with van der Waals surface area (Å²) in [7, 11) is -3.28. The van der Waals surface area contributed by atoms with E-state index in [4.69, 9.17) is 11.6 Å². The molecule has 0 radical (unpaired) electrons. The van der Waals surface area contributed by atoms with Gasteiger partial charge in [0.1, 0.15) is 0 Å². The van der Waals surface area contributed by atoms with Gasteiger partial charge in [-0.15, -0.1) is 0 Å². The molecule has 0 aliphatic rings. The van der Waals surface area contributed by atoms with Gasteiger partial charge >= 0.3 is 0 Å². The van der Waals surface area contributed by atoms with Crippen molar-refractivity contribution >= 4 is 33.2 Å². The van der Waals surface area contributed by atoms with Crippen molar-refractivity contribution in [1.82, 2.24) is 4.31 Å². The fourth-order valence-corrected chi connectivity index (χ4v) is 2.97.